The van der Waals surface area contributed by atoms with Crippen LogP contribution in [0.5, 0.6) is 0 Å². The first-order valence-electron chi connectivity index (χ1n) is 7.01. The molecule has 0 aliphatic carbocycles. The molecule has 2 rings (SSSR count). The van der Waals surface area contributed by atoms with Crippen molar-refractivity contribution >= 4 is 12.0 Å². The standard InChI is InChI=1S/C13H23N3O4/c1-15(2)9-3-5-16(6-4-9)13(19)14-11-8-20-7-10(11)12(17)18/h9-11H,3-8H2,1-2H3,(H,14,19)(H,17,18). The summed E-state index contributed by atoms with van der Waals surface area (Å²) in [6.07, 6.45) is 1.90. The normalized spacial score (nSPS) is 27.9. The summed E-state index contributed by atoms with van der Waals surface area (Å²) in [5, 5.41) is 11.8. The number of carboxylic acids is 1. The van der Waals surface area contributed by atoms with E-state index < -0.39 is 17.9 Å². The molecule has 2 aliphatic rings. The first-order valence-corrected chi connectivity index (χ1v) is 7.01. The fraction of sp³-hybridized carbons (Fsp3) is 0.846. The molecule has 7 nitrogen and oxygen atoms in total. The van der Waals surface area contributed by atoms with Crippen molar-refractivity contribution < 1.29 is 19.4 Å². The topological polar surface area (TPSA) is 82.1 Å². The molecule has 114 valence electrons. The number of rotatable bonds is 3. The van der Waals surface area contributed by atoms with Gasteiger partial charge < -0.3 is 25.0 Å². The Morgan fingerprint density at radius 3 is 2.45 bits per heavy atom. The molecule has 0 aromatic heterocycles. The van der Waals surface area contributed by atoms with Crippen LogP contribution >= 0.6 is 0 Å². The fourth-order valence-corrected chi connectivity index (χ4v) is 2.78. The van der Waals surface area contributed by atoms with Crippen LogP contribution in [-0.4, -0.2) is 79.4 Å². The molecular formula is C13H23N3O4. The number of hydrogen-bond donors (Lipinski definition) is 2. The number of hydrogen-bond acceptors (Lipinski definition) is 4. The third kappa shape index (κ3) is 3.40. The summed E-state index contributed by atoms with van der Waals surface area (Å²) in [4.78, 5) is 27.1. The van der Waals surface area contributed by atoms with E-state index in [4.69, 9.17) is 9.84 Å². The van der Waals surface area contributed by atoms with E-state index in [1.165, 1.54) is 0 Å². The minimum atomic E-state index is -0.917. The van der Waals surface area contributed by atoms with E-state index in [1.807, 2.05) is 14.1 Å². The van der Waals surface area contributed by atoms with Gasteiger partial charge in [0, 0.05) is 19.1 Å². The number of likely N-dealkylation sites (tertiary alicyclic amines) is 1. The zero-order chi connectivity index (χ0) is 14.7. The Labute approximate surface area is 118 Å². The second-order valence-corrected chi connectivity index (χ2v) is 5.72. The lowest BCUT2D eigenvalue weighted by atomic mass is 10.0. The van der Waals surface area contributed by atoms with Crippen molar-refractivity contribution in [2.45, 2.75) is 24.9 Å². The molecule has 2 saturated heterocycles. The zero-order valence-electron chi connectivity index (χ0n) is 12.0. The molecule has 2 aliphatic heterocycles. The van der Waals surface area contributed by atoms with E-state index in [2.05, 4.69) is 10.2 Å². The zero-order valence-corrected chi connectivity index (χ0v) is 12.0. The van der Waals surface area contributed by atoms with Crippen LogP contribution in [0.25, 0.3) is 0 Å². The van der Waals surface area contributed by atoms with Crippen molar-refractivity contribution in [1.29, 1.82) is 0 Å². The van der Waals surface area contributed by atoms with E-state index in [1.54, 1.807) is 4.90 Å². The maximum atomic E-state index is 12.2. The smallest absolute Gasteiger partial charge is 0.317 e. The van der Waals surface area contributed by atoms with Gasteiger partial charge in [0.05, 0.1) is 19.3 Å². The van der Waals surface area contributed by atoms with E-state index in [0.29, 0.717) is 19.1 Å². The summed E-state index contributed by atoms with van der Waals surface area (Å²) in [5.41, 5.74) is 0. The maximum Gasteiger partial charge on any atom is 0.317 e. The molecule has 2 atom stereocenters. The third-order valence-corrected chi connectivity index (χ3v) is 4.19. The fourth-order valence-electron chi connectivity index (χ4n) is 2.78. The van der Waals surface area contributed by atoms with Gasteiger partial charge in [-0.15, -0.1) is 0 Å². The van der Waals surface area contributed by atoms with Crippen molar-refractivity contribution in [3.8, 4) is 0 Å². The molecule has 2 unspecified atom stereocenters. The Morgan fingerprint density at radius 2 is 1.90 bits per heavy atom. The second kappa shape index (κ2) is 6.41. The predicted molar refractivity (Wildman–Crippen MR) is 72.5 cm³/mol. The van der Waals surface area contributed by atoms with Gasteiger partial charge in [0.25, 0.3) is 0 Å². The Balaban J connectivity index is 1.82. The minimum absolute atomic E-state index is 0.170. The van der Waals surface area contributed by atoms with Crippen LogP contribution in [0.4, 0.5) is 4.79 Å². The lowest BCUT2D eigenvalue weighted by molar-refractivity contribution is -0.142. The van der Waals surface area contributed by atoms with Crippen LogP contribution in [0.15, 0.2) is 0 Å². The quantitative estimate of drug-likeness (QED) is 0.752. The predicted octanol–water partition coefficient (Wildman–Crippen LogP) is -0.178. The first-order chi connectivity index (χ1) is 9.49. The van der Waals surface area contributed by atoms with Gasteiger partial charge >= 0.3 is 12.0 Å². The maximum absolute atomic E-state index is 12.2. The van der Waals surface area contributed by atoms with Gasteiger partial charge in [-0.25, -0.2) is 4.79 Å². The van der Waals surface area contributed by atoms with Crippen molar-refractivity contribution in [3.05, 3.63) is 0 Å². The van der Waals surface area contributed by atoms with Gasteiger partial charge in [0.2, 0.25) is 0 Å². The first kappa shape index (κ1) is 15.1. The molecule has 0 aromatic rings. The van der Waals surface area contributed by atoms with Gasteiger partial charge in [-0.1, -0.05) is 0 Å². The monoisotopic (exact) mass is 285 g/mol. The Bertz CT molecular complexity index is 367. The van der Waals surface area contributed by atoms with Gasteiger partial charge in [-0.3, -0.25) is 4.79 Å². The number of carbonyl (C=O) groups excluding carboxylic acids is 1. The number of amides is 2. The summed E-state index contributed by atoms with van der Waals surface area (Å²) < 4.78 is 5.15. The van der Waals surface area contributed by atoms with Gasteiger partial charge in [0.1, 0.15) is 5.92 Å². The van der Waals surface area contributed by atoms with Crippen molar-refractivity contribution in [3.63, 3.8) is 0 Å². The van der Waals surface area contributed by atoms with Crippen LogP contribution in [0.3, 0.4) is 0 Å². The number of piperidine rings is 1. The molecular weight excluding hydrogens is 262 g/mol. The Hall–Kier alpha value is -1.34. The lowest BCUT2D eigenvalue weighted by Gasteiger charge is -2.35. The van der Waals surface area contributed by atoms with E-state index in [0.717, 1.165) is 12.8 Å². The molecule has 0 bridgehead atoms. The van der Waals surface area contributed by atoms with Crippen LogP contribution in [0.2, 0.25) is 0 Å². The van der Waals surface area contributed by atoms with Gasteiger partial charge in [-0.05, 0) is 26.9 Å². The summed E-state index contributed by atoms with van der Waals surface area (Å²) in [7, 11) is 4.10. The van der Waals surface area contributed by atoms with E-state index in [9.17, 15) is 9.59 Å². The molecule has 0 aromatic carbocycles. The number of ether oxygens (including phenoxy) is 1. The highest BCUT2D eigenvalue weighted by Crippen LogP contribution is 2.17. The lowest BCUT2D eigenvalue weighted by Crippen LogP contribution is -2.52. The summed E-state index contributed by atoms with van der Waals surface area (Å²) in [5.74, 6) is -1.56. The number of aliphatic carboxylic acids is 1. The molecule has 20 heavy (non-hydrogen) atoms. The third-order valence-electron chi connectivity index (χ3n) is 4.19. The minimum Gasteiger partial charge on any atom is -0.481 e. The highest BCUT2D eigenvalue weighted by atomic mass is 16.5. The van der Waals surface area contributed by atoms with Crippen molar-refractivity contribution in [2.24, 2.45) is 5.92 Å². The number of nitrogens with zero attached hydrogens (tertiary/aromatic N) is 2. The molecule has 2 heterocycles. The average molecular weight is 285 g/mol. The highest BCUT2D eigenvalue weighted by molar-refractivity contribution is 5.77. The largest absolute Gasteiger partial charge is 0.481 e. The molecule has 0 radical (unpaired) electrons. The molecule has 0 spiro atoms. The molecule has 7 heteroatoms. The van der Waals surface area contributed by atoms with Gasteiger partial charge in [-0.2, -0.15) is 0 Å². The molecule has 2 amide bonds. The highest BCUT2D eigenvalue weighted by Gasteiger charge is 2.36. The van der Waals surface area contributed by atoms with E-state index >= 15 is 0 Å². The van der Waals surface area contributed by atoms with Gasteiger partial charge in [0.15, 0.2) is 0 Å². The van der Waals surface area contributed by atoms with E-state index in [-0.39, 0.29) is 19.2 Å². The average Bonchev–Trinajstić information content (AvgIpc) is 2.87. The molecule has 0 saturated carbocycles. The van der Waals surface area contributed by atoms with Crippen LogP contribution in [0.1, 0.15) is 12.8 Å². The Kier molecular flexibility index (Phi) is 4.82. The summed E-state index contributed by atoms with van der Waals surface area (Å²) >= 11 is 0. The second-order valence-electron chi connectivity index (χ2n) is 5.72. The SMILES string of the molecule is CN(C)C1CCN(C(=O)NC2COCC2C(=O)O)CC1. The molecule has 2 N–H and O–H groups in total. The molecule has 2 fully saturated rings. The van der Waals surface area contributed by atoms with Crippen molar-refractivity contribution in [1.82, 2.24) is 15.1 Å². The summed E-state index contributed by atoms with van der Waals surface area (Å²) in [6, 6.07) is -0.0869. The number of carbonyl (C=O) groups is 2. The van der Waals surface area contributed by atoms with Crippen LogP contribution in [0, 0.1) is 5.92 Å². The number of carboxylic acid groups (broad SMARTS) is 1. The van der Waals surface area contributed by atoms with Crippen molar-refractivity contribution in [2.75, 3.05) is 40.4 Å². The number of urea groups is 1. The van der Waals surface area contributed by atoms with Crippen LogP contribution in [-0.2, 0) is 9.53 Å². The van der Waals surface area contributed by atoms with Crippen LogP contribution < -0.4 is 5.32 Å². The number of nitrogens with one attached hydrogen (secondary N) is 1. The Morgan fingerprint density at radius 1 is 1.25 bits per heavy atom. The summed E-state index contributed by atoms with van der Waals surface area (Å²) in [6.45, 7) is 1.86.